The normalized spacial score (nSPS) is 11.5. The van der Waals surface area contributed by atoms with Crippen molar-refractivity contribution in [2.75, 3.05) is 18.5 Å². The average Bonchev–Trinajstić information content (AvgIpc) is 3.26. The van der Waals surface area contributed by atoms with E-state index in [4.69, 9.17) is 13.9 Å². The predicted octanol–water partition coefficient (Wildman–Crippen LogP) is 5.64. The first-order chi connectivity index (χ1) is 16.9. The standard InChI is InChI=1S/C27H21NO6S/c1-28(23-8-4-6-10-26(23)32-2)35(30,31)20-14-11-18(12-15-20)27(29)33-19-13-16-25-22(17-19)21-7-3-5-9-24(21)34-25/h3-17H,1-2H3. The number of sulfonamides is 1. The highest BCUT2D eigenvalue weighted by Gasteiger charge is 2.24. The molecule has 0 spiro atoms. The summed E-state index contributed by atoms with van der Waals surface area (Å²) in [6.45, 7) is 0. The van der Waals surface area contributed by atoms with Gasteiger partial charge >= 0.3 is 5.97 Å². The molecule has 0 atom stereocenters. The largest absolute Gasteiger partial charge is 0.495 e. The molecule has 35 heavy (non-hydrogen) atoms. The third kappa shape index (κ3) is 4.08. The van der Waals surface area contributed by atoms with Gasteiger partial charge in [-0.05, 0) is 60.7 Å². The number of rotatable bonds is 6. The van der Waals surface area contributed by atoms with Crippen molar-refractivity contribution < 1.29 is 27.1 Å². The van der Waals surface area contributed by atoms with Gasteiger partial charge in [0.1, 0.15) is 22.7 Å². The molecule has 7 nitrogen and oxygen atoms in total. The molecule has 0 aliphatic rings. The molecule has 5 aromatic rings. The summed E-state index contributed by atoms with van der Waals surface area (Å²) >= 11 is 0. The Labute approximate surface area is 202 Å². The van der Waals surface area contributed by atoms with Crippen molar-refractivity contribution in [3.05, 3.63) is 96.6 Å². The van der Waals surface area contributed by atoms with Crippen LogP contribution in [0, 0.1) is 0 Å². The summed E-state index contributed by atoms with van der Waals surface area (Å²) in [6.07, 6.45) is 0. The van der Waals surface area contributed by atoms with Gasteiger partial charge in [-0.15, -0.1) is 0 Å². The summed E-state index contributed by atoms with van der Waals surface area (Å²) in [7, 11) is -0.946. The molecular formula is C27H21NO6S. The monoisotopic (exact) mass is 487 g/mol. The van der Waals surface area contributed by atoms with Gasteiger partial charge in [0.2, 0.25) is 0 Å². The minimum Gasteiger partial charge on any atom is -0.495 e. The summed E-state index contributed by atoms with van der Waals surface area (Å²) in [5.41, 5.74) is 2.07. The van der Waals surface area contributed by atoms with E-state index in [9.17, 15) is 13.2 Å². The zero-order valence-corrected chi connectivity index (χ0v) is 19.8. The molecule has 1 heterocycles. The van der Waals surface area contributed by atoms with Crippen LogP contribution in [0.5, 0.6) is 11.5 Å². The minimum absolute atomic E-state index is 0.0359. The van der Waals surface area contributed by atoms with Crippen LogP contribution in [-0.4, -0.2) is 28.5 Å². The lowest BCUT2D eigenvalue weighted by Gasteiger charge is -2.21. The molecule has 1 aromatic heterocycles. The van der Waals surface area contributed by atoms with Crippen LogP contribution in [0.25, 0.3) is 21.9 Å². The molecule has 0 fully saturated rings. The fraction of sp³-hybridized carbons (Fsp3) is 0.0741. The maximum Gasteiger partial charge on any atom is 0.343 e. The molecule has 0 saturated carbocycles. The van der Waals surface area contributed by atoms with Gasteiger partial charge in [-0.3, -0.25) is 4.31 Å². The van der Waals surface area contributed by atoms with Crippen molar-refractivity contribution in [1.82, 2.24) is 0 Å². The molecule has 0 bridgehead atoms. The number of benzene rings is 4. The molecule has 0 saturated heterocycles. The Morgan fingerprint density at radius 2 is 1.51 bits per heavy atom. The van der Waals surface area contributed by atoms with Crippen LogP contribution < -0.4 is 13.8 Å². The van der Waals surface area contributed by atoms with Crippen LogP contribution in [0.3, 0.4) is 0 Å². The number of carbonyl (C=O) groups excluding carboxylic acids is 1. The van der Waals surface area contributed by atoms with Crippen molar-refractivity contribution in [2.24, 2.45) is 0 Å². The van der Waals surface area contributed by atoms with E-state index < -0.39 is 16.0 Å². The van der Waals surface area contributed by atoms with E-state index in [0.717, 1.165) is 20.7 Å². The van der Waals surface area contributed by atoms with Crippen molar-refractivity contribution >= 4 is 43.6 Å². The molecular weight excluding hydrogens is 466 g/mol. The maximum absolute atomic E-state index is 13.1. The second kappa shape index (κ2) is 8.81. The number of carbonyl (C=O) groups is 1. The Morgan fingerprint density at radius 1 is 0.829 bits per heavy atom. The van der Waals surface area contributed by atoms with E-state index in [0.29, 0.717) is 22.8 Å². The van der Waals surface area contributed by atoms with Crippen LogP contribution in [0.4, 0.5) is 5.69 Å². The number of nitrogens with zero attached hydrogens (tertiary/aromatic N) is 1. The highest BCUT2D eigenvalue weighted by Crippen LogP contribution is 2.32. The molecule has 0 radical (unpaired) electrons. The third-order valence-corrected chi connectivity index (χ3v) is 7.52. The third-order valence-electron chi connectivity index (χ3n) is 5.73. The van der Waals surface area contributed by atoms with Crippen molar-refractivity contribution in [1.29, 1.82) is 0 Å². The van der Waals surface area contributed by atoms with Gasteiger partial charge in [0.25, 0.3) is 10.0 Å². The number of hydrogen-bond donors (Lipinski definition) is 0. The van der Waals surface area contributed by atoms with E-state index in [1.54, 1.807) is 42.5 Å². The molecule has 8 heteroatoms. The van der Waals surface area contributed by atoms with Crippen LogP contribution in [-0.2, 0) is 10.0 Å². The minimum atomic E-state index is -3.87. The smallest absolute Gasteiger partial charge is 0.343 e. The molecule has 0 unspecified atom stereocenters. The van der Waals surface area contributed by atoms with Gasteiger partial charge in [0, 0.05) is 17.8 Å². The predicted molar refractivity (Wildman–Crippen MR) is 134 cm³/mol. The fourth-order valence-electron chi connectivity index (χ4n) is 3.88. The Kier molecular flexibility index (Phi) is 5.66. The van der Waals surface area contributed by atoms with E-state index in [2.05, 4.69) is 0 Å². The van der Waals surface area contributed by atoms with E-state index in [1.807, 2.05) is 24.3 Å². The Bertz CT molecular complexity index is 1650. The lowest BCUT2D eigenvalue weighted by Crippen LogP contribution is -2.27. The molecule has 0 aliphatic carbocycles. The first kappa shape index (κ1) is 22.5. The number of anilines is 1. The number of furan rings is 1. The molecule has 0 amide bonds. The number of methoxy groups -OCH3 is 1. The molecule has 0 N–H and O–H groups in total. The Hall–Kier alpha value is -4.30. The molecule has 176 valence electrons. The summed E-state index contributed by atoms with van der Waals surface area (Å²) in [6, 6.07) is 25.2. The molecule has 5 rings (SSSR count). The topological polar surface area (TPSA) is 86.0 Å². The molecule has 4 aromatic carbocycles. The highest BCUT2D eigenvalue weighted by molar-refractivity contribution is 7.92. The number of para-hydroxylation sites is 3. The zero-order chi connectivity index (χ0) is 24.6. The molecule has 0 aliphatic heterocycles. The summed E-state index contributed by atoms with van der Waals surface area (Å²) < 4.78 is 44.0. The average molecular weight is 488 g/mol. The lowest BCUT2D eigenvalue weighted by molar-refractivity contribution is 0.0735. The van der Waals surface area contributed by atoms with E-state index >= 15 is 0 Å². The number of fused-ring (bicyclic) bond motifs is 3. The zero-order valence-electron chi connectivity index (χ0n) is 19.0. The van der Waals surface area contributed by atoms with Crippen molar-refractivity contribution in [2.45, 2.75) is 4.90 Å². The van der Waals surface area contributed by atoms with Crippen LogP contribution in [0.1, 0.15) is 10.4 Å². The van der Waals surface area contributed by atoms with Gasteiger partial charge in [-0.1, -0.05) is 30.3 Å². The van der Waals surface area contributed by atoms with Gasteiger partial charge in [0.15, 0.2) is 0 Å². The van der Waals surface area contributed by atoms with Crippen LogP contribution >= 0.6 is 0 Å². The summed E-state index contributed by atoms with van der Waals surface area (Å²) in [5, 5.41) is 1.76. The Balaban J connectivity index is 1.37. The van der Waals surface area contributed by atoms with Crippen molar-refractivity contribution in [3.8, 4) is 11.5 Å². The quantitative estimate of drug-likeness (QED) is 0.228. The first-order valence-corrected chi connectivity index (χ1v) is 12.2. The summed E-state index contributed by atoms with van der Waals surface area (Å²) in [5.74, 6) is 0.196. The maximum atomic E-state index is 13.1. The first-order valence-electron chi connectivity index (χ1n) is 10.7. The second-order valence-electron chi connectivity index (χ2n) is 7.81. The SMILES string of the molecule is COc1ccccc1N(C)S(=O)(=O)c1ccc(C(=O)Oc2ccc3oc4ccccc4c3c2)cc1. The van der Waals surface area contributed by atoms with E-state index in [-0.39, 0.29) is 10.5 Å². The van der Waals surface area contributed by atoms with Crippen LogP contribution in [0.15, 0.2) is 100 Å². The highest BCUT2D eigenvalue weighted by atomic mass is 32.2. The number of hydrogen-bond acceptors (Lipinski definition) is 6. The second-order valence-corrected chi connectivity index (χ2v) is 9.78. The fourth-order valence-corrected chi connectivity index (χ4v) is 5.08. The summed E-state index contributed by atoms with van der Waals surface area (Å²) in [4.78, 5) is 12.8. The van der Waals surface area contributed by atoms with Crippen molar-refractivity contribution in [3.63, 3.8) is 0 Å². The number of ether oxygens (including phenoxy) is 2. The van der Waals surface area contributed by atoms with Gasteiger partial charge in [0.05, 0.1) is 23.3 Å². The lowest BCUT2D eigenvalue weighted by atomic mass is 10.1. The Morgan fingerprint density at radius 3 is 2.29 bits per heavy atom. The number of esters is 1. The van der Waals surface area contributed by atoms with Gasteiger partial charge < -0.3 is 13.9 Å². The van der Waals surface area contributed by atoms with E-state index in [1.165, 1.54) is 38.4 Å². The van der Waals surface area contributed by atoms with Gasteiger partial charge in [-0.2, -0.15) is 0 Å². The van der Waals surface area contributed by atoms with Crippen LogP contribution in [0.2, 0.25) is 0 Å². The van der Waals surface area contributed by atoms with Gasteiger partial charge in [-0.25, -0.2) is 13.2 Å².